The van der Waals surface area contributed by atoms with Gasteiger partial charge in [-0.2, -0.15) is 9.97 Å². The molecule has 3 N–H and O–H groups in total. The molecule has 0 spiro atoms. The molecule has 4 fully saturated rings. The van der Waals surface area contributed by atoms with E-state index in [1.54, 1.807) is 12.3 Å². The van der Waals surface area contributed by atoms with E-state index in [0.717, 1.165) is 75.5 Å². The Morgan fingerprint density at radius 3 is 2.57 bits per heavy atom. The van der Waals surface area contributed by atoms with E-state index in [1.165, 1.54) is 0 Å². The van der Waals surface area contributed by atoms with Crippen molar-refractivity contribution in [3.05, 3.63) is 54.0 Å². The van der Waals surface area contributed by atoms with E-state index >= 15 is 4.39 Å². The highest BCUT2D eigenvalue weighted by molar-refractivity contribution is 7.39. The van der Waals surface area contributed by atoms with Crippen LogP contribution in [0.2, 0.25) is 0 Å². The Kier molecular flexibility index (Phi) is 7.36. The van der Waals surface area contributed by atoms with Crippen molar-refractivity contribution in [1.82, 2.24) is 25.2 Å². The minimum absolute atomic E-state index is 0.0134. The number of anilines is 1. The van der Waals surface area contributed by atoms with E-state index in [-0.39, 0.29) is 29.4 Å². The Labute approximate surface area is 256 Å². The van der Waals surface area contributed by atoms with E-state index in [9.17, 15) is 9.79 Å². The van der Waals surface area contributed by atoms with Crippen LogP contribution in [-0.4, -0.2) is 80.0 Å². The normalized spacial score (nSPS) is 22.9. The summed E-state index contributed by atoms with van der Waals surface area (Å²) >= 11 is 0. The highest BCUT2D eigenvalue weighted by Crippen LogP contribution is 2.40. The molecule has 230 valence electrons. The largest absolute Gasteiger partial charge is 0.461 e. The minimum Gasteiger partial charge on any atom is -0.461 e. The van der Waals surface area contributed by atoms with Crippen molar-refractivity contribution in [2.75, 3.05) is 37.7 Å². The smallest absolute Gasteiger partial charge is 0.327 e. The lowest BCUT2D eigenvalue weighted by atomic mass is 9.95. The molecule has 4 aliphatic rings. The molecular weight excluding hydrogens is 582 g/mol. The standard InChI is InChI=1S/C32H36FN6O4P/c33-27-28(25-14-20(18-43-44(40)41)13-21-5-1-2-6-24(21)25)34-15-26-29(27)36-31(42-19-32-9-3-11-39(32)12-4-10-32)37-30(26)38-16-22-7-8-23(17-38)35-22/h1-2,5-6,13-15,22-23,35,40-41H,3-4,7-12,16-19H2/t22-,23+. The zero-order valence-corrected chi connectivity index (χ0v) is 25.3. The van der Waals surface area contributed by atoms with E-state index in [0.29, 0.717) is 41.0 Å². The lowest BCUT2D eigenvalue weighted by molar-refractivity contribution is 0.108. The highest BCUT2D eigenvalue weighted by Gasteiger charge is 2.45. The second kappa shape index (κ2) is 11.4. The van der Waals surface area contributed by atoms with Crippen LogP contribution in [0.4, 0.5) is 10.2 Å². The topological polar surface area (TPSA) is 116 Å². The molecule has 4 aliphatic heterocycles. The lowest BCUT2D eigenvalue weighted by Crippen LogP contribution is -2.51. The third kappa shape index (κ3) is 5.09. The van der Waals surface area contributed by atoms with Crippen LogP contribution in [0.15, 0.2) is 42.6 Å². The number of ether oxygens (including phenoxy) is 1. The zero-order chi connectivity index (χ0) is 29.8. The van der Waals surface area contributed by atoms with Gasteiger partial charge in [0.15, 0.2) is 5.82 Å². The molecule has 44 heavy (non-hydrogen) atoms. The number of aromatic nitrogens is 3. The van der Waals surface area contributed by atoms with Crippen molar-refractivity contribution in [3.63, 3.8) is 0 Å². The summed E-state index contributed by atoms with van der Waals surface area (Å²) in [6.45, 7) is 4.23. The van der Waals surface area contributed by atoms with E-state index < -0.39 is 14.4 Å². The van der Waals surface area contributed by atoms with Crippen molar-refractivity contribution in [3.8, 4) is 17.3 Å². The van der Waals surface area contributed by atoms with Crippen LogP contribution in [0.1, 0.15) is 44.1 Å². The average molecular weight is 619 g/mol. The van der Waals surface area contributed by atoms with Crippen LogP contribution < -0.4 is 15.0 Å². The fourth-order valence-corrected chi connectivity index (χ4v) is 8.19. The lowest BCUT2D eigenvalue weighted by Gasteiger charge is -2.34. The number of halogens is 1. The van der Waals surface area contributed by atoms with Crippen molar-refractivity contribution in [2.45, 2.75) is 62.8 Å². The Morgan fingerprint density at radius 1 is 1.02 bits per heavy atom. The van der Waals surface area contributed by atoms with Crippen molar-refractivity contribution < 1.29 is 23.4 Å². The number of pyridine rings is 1. The fourth-order valence-electron chi connectivity index (χ4n) is 7.93. The van der Waals surface area contributed by atoms with Crippen LogP contribution in [-0.2, 0) is 11.1 Å². The number of benzene rings is 2. The quantitative estimate of drug-likeness (QED) is 0.241. The SMILES string of the molecule is OP(O)OCc1cc(-c2ncc3c(N4C[C@H]5CC[C@@H](C4)N5)nc(OCC45CCCN4CCC5)nc3c2F)c2ccccc2c1. The summed E-state index contributed by atoms with van der Waals surface area (Å²) in [7, 11) is -2.52. The third-order valence-corrected chi connectivity index (χ3v) is 10.3. The Bertz CT molecular complexity index is 1700. The maximum atomic E-state index is 16.8. The van der Waals surface area contributed by atoms with Crippen LogP contribution >= 0.6 is 8.60 Å². The summed E-state index contributed by atoms with van der Waals surface area (Å²) in [5.74, 6) is 0.130. The number of nitrogens with one attached hydrogen (secondary N) is 1. The van der Waals surface area contributed by atoms with Gasteiger partial charge in [0.25, 0.3) is 0 Å². The Morgan fingerprint density at radius 2 is 1.80 bits per heavy atom. The van der Waals surface area contributed by atoms with E-state index in [2.05, 4.69) is 20.1 Å². The summed E-state index contributed by atoms with van der Waals surface area (Å²) in [4.78, 5) is 37.7. The van der Waals surface area contributed by atoms with Crippen LogP contribution in [0.3, 0.4) is 0 Å². The third-order valence-electron chi connectivity index (χ3n) is 9.96. The molecule has 2 bridgehead atoms. The second-order valence-electron chi connectivity index (χ2n) is 12.7. The van der Waals surface area contributed by atoms with E-state index in [4.69, 9.17) is 19.2 Å². The van der Waals surface area contributed by atoms with Crippen LogP contribution in [0.25, 0.3) is 32.9 Å². The first-order valence-electron chi connectivity index (χ1n) is 15.5. The molecule has 4 aromatic rings. The summed E-state index contributed by atoms with van der Waals surface area (Å²) in [6.07, 6.45) is 8.43. The molecule has 6 heterocycles. The molecule has 2 aromatic carbocycles. The summed E-state index contributed by atoms with van der Waals surface area (Å²) in [6, 6.07) is 12.3. The molecule has 12 heteroatoms. The molecule has 0 radical (unpaired) electrons. The zero-order valence-electron chi connectivity index (χ0n) is 24.5. The molecule has 0 amide bonds. The maximum absolute atomic E-state index is 16.8. The number of hydrogen-bond donors (Lipinski definition) is 3. The van der Waals surface area contributed by atoms with Gasteiger partial charge in [-0.15, -0.1) is 0 Å². The first-order valence-corrected chi connectivity index (χ1v) is 16.7. The molecular formula is C32H36FN6O4P. The number of nitrogens with zero attached hydrogens (tertiary/aromatic N) is 5. The Balaban J connectivity index is 1.24. The van der Waals surface area contributed by atoms with Crippen molar-refractivity contribution in [1.29, 1.82) is 0 Å². The summed E-state index contributed by atoms with van der Waals surface area (Å²) in [5, 5.41) is 5.92. The molecule has 4 saturated heterocycles. The van der Waals surface area contributed by atoms with Gasteiger partial charge in [0, 0.05) is 36.9 Å². The number of piperazine rings is 1. The van der Waals surface area contributed by atoms with Gasteiger partial charge < -0.3 is 29.3 Å². The maximum Gasteiger partial charge on any atom is 0.327 e. The second-order valence-corrected chi connectivity index (χ2v) is 13.4. The van der Waals surface area contributed by atoms with Gasteiger partial charge in [0.05, 0.1) is 17.5 Å². The molecule has 2 aromatic heterocycles. The van der Waals surface area contributed by atoms with Gasteiger partial charge in [0.2, 0.25) is 0 Å². The number of fused-ring (bicyclic) bond motifs is 5. The first kappa shape index (κ1) is 28.4. The van der Waals surface area contributed by atoms with Crippen molar-refractivity contribution in [2.24, 2.45) is 0 Å². The van der Waals surface area contributed by atoms with Gasteiger partial charge in [-0.1, -0.05) is 24.3 Å². The average Bonchev–Trinajstić information content (AvgIpc) is 3.72. The molecule has 0 unspecified atom stereocenters. The minimum atomic E-state index is -2.52. The van der Waals surface area contributed by atoms with Crippen LogP contribution in [0, 0.1) is 5.82 Å². The molecule has 2 atom stereocenters. The molecule has 10 nitrogen and oxygen atoms in total. The predicted molar refractivity (Wildman–Crippen MR) is 167 cm³/mol. The molecule has 0 aliphatic carbocycles. The summed E-state index contributed by atoms with van der Waals surface area (Å²) < 4.78 is 28.3. The van der Waals surface area contributed by atoms with Gasteiger partial charge in [-0.25, -0.2) is 4.39 Å². The number of rotatable bonds is 8. The van der Waals surface area contributed by atoms with Gasteiger partial charge in [-0.3, -0.25) is 9.88 Å². The molecule has 8 rings (SSSR count). The van der Waals surface area contributed by atoms with E-state index in [1.807, 2.05) is 30.3 Å². The fraction of sp³-hybridized carbons (Fsp3) is 0.469. The highest BCUT2D eigenvalue weighted by atomic mass is 31.2. The van der Waals surface area contributed by atoms with Gasteiger partial charge >= 0.3 is 14.6 Å². The first-order chi connectivity index (χ1) is 21.5. The van der Waals surface area contributed by atoms with Crippen LogP contribution in [0.5, 0.6) is 6.01 Å². The molecule has 0 saturated carbocycles. The predicted octanol–water partition coefficient (Wildman–Crippen LogP) is 4.66. The number of hydrogen-bond acceptors (Lipinski definition) is 10. The van der Waals surface area contributed by atoms with Gasteiger partial charge in [-0.05, 0) is 80.1 Å². The summed E-state index contributed by atoms with van der Waals surface area (Å²) in [5.41, 5.74) is 1.62. The van der Waals surface area contributed by atoms with Gasteiger partial charge in [0.1, 0.15) is 23.6 Å². The van der Waals surface area contributed by atoms with Crippen molar-refractivity contribution >= 4 is 36.1 Å². The monoisotopic (exact) mass is 618 g/mol. The Hall–Kier alpha value is -3.05.